The van der Waals surface area contributed by atoms with Crippen LogP contribution in [0.3, 0.4) is 0 Å². The van der Waals surface area contributed by atoms with E-state index in [1.54, 1.807) is 36.4 Å². The molecule has 0 saturated carbocycles. The number of benzene rings is 4. The first-order valence-corrected chi connectivity index (χ1v) is 16.5. The van der Waals surface area contributed by atoms with E-state index in [4.69, 9.17) is 4.74 Å². The van der Waals surface area contributed by atoms with Gasteiger partial charge in [0.2, 0.25) is 11.8 Å². The molecular formula is C36H41N3O5S. The van der Waals surface area contributed by atoms with Gasteiger partial charge < -0.3 is 15.0 Å². The van der Waals surface area contributed by atoms with Crippen LogP contribution in [0.4, 0.5) is 5.69 Å². The van der Waals surface area contributed by atoms with E-state index in [0.717, 1.165) is 26.6 Å². The molecule has 0 unspecified atom stereocenters. The number of hydrogen-bond donors (Lipinski definition) is 1. The molecule has 4 aromatic rings. The molecule has 1 atom stereocenters. The molecule has 0 aromatic heterocycles. The van der Waals surface area contributed by atoms with Gasteiger partial charge in [-0.3, -0.25) is 13.9 Å². The standard InChI is InChI=1S/C36H41N3O5S/c1-5-37-36(41)34(24-29-10-8-7-9-11-29)38(25-30-16-12-27(3)13-17-30)35(40)26-39(31-18-14-28(4)15-19-31)45(42,43)33-22-20-32(21-23-33)44-6-2/h7-23,34H,5-6,24-26H2,1-4H3,(H,37,41)/t34-/m1/s1. The largest absolute Gasteiger partial charge is 0.494 e. The summed E-state index contributed by atoms with van der Waals surface area (Å²) in [6, 6.07) is 29.5. The minimum absolute atomic E-state index is 0.0222. The maximum atomic E-state index is 14.4. The van der Waals surface area contributed by atoms with Crippen molar-refractivity contribution < 1.29 is 22.7 Å². The number of amides is 2. The number of nitrogens with one attached hydrogen (secondary N) is 1. The third-order valence-electron chi connectivity index (χ3n) is 7.42. The first kappa shape index (κ1) is 33.3. The fourth-order valence-corrected chi connectivity index (χ4v) is 6.39. The second-order valence-corrected chi connectivity index (χ2v) is 12.7. The molecule has 1 N–H and O–H groups in total. The lowest BCUT2D eigenvalue weighted by molar-refractivity contribution is -0.140. The number of hydrogen-bond acceptors (Lipinski definition) is 5. The number of rotatable bonds is 14. The SMILES string of the molecule is CCNC(=O)[C@@H](Cc1ccccc1)N(Cc1ccc(C)cc1)C(=O)CN(c1ccc(C)cc1)S(=O)(=O)c1ccc(OCC)cc1. The average molecular weight is 628 g/mol. The maximum Gasteiger partial charge on any atom is 0.264 e. The van der Waals surface area contributed by atoms with Crippen LogP contribution in [0.25, 0.3) is 0 Å². The van der Waals surface area contributed by atoms with E-state index in [-0.39, 0.29) is 23.8 Å². The molecule has 0 aliphatic heterocycles. The first-order valence-electron chi connectivity index (χ1n) is 15.1. The first-order chi connectivity index (χ1) is 21.6. The van der Waals surface area contributed by atoms with Gasteiger partial charge in [-0.05, 0) is 75.2 Å². The Bertz CT molecular complexity index is 1660. The molecule has 0 heterocycles. The number of anilines is 1. The van der Waals surface area contributed by atoms with Gasteiger partial charge in [-0.2, -0.15) is 0 Å². The van der Waals surface area contributed by atoms with Crippen LogP contribution < -0.4 is 14.4 Å². The van der Waals surface area contributed by atoms with Crippen LogP contribution in [0.15, 0.2) is 108 Å². The van der Waals surface area contributed by atoms with Gasteiger partial charge in [-0.25, -0.2) is 8.42 Å². The van der Waals surface area contributed by atoms with Crippen molar-refractivity contribution in [2.24, 2.45) is 0 Å². The number of carbonyl (C=O) groups excluding carboxylic acids is 2. The molecule has 0 bridgehead atoms. The van der Waals surface area contributed by atoms with Crippen LogP contribution in [0.2, 0.25) is 0 Å². The molecule has 45 heavy (non-hydrogen) atoms. The lowest BCUT2D eigenvalue weighted by Gasteiger charge is -2.34. The number of likely N-dealkylation sites (N-methyl/N-ethyl adjacent to an activating group) is 1. The Morgan fingerprint density at radius 2 is 1.38 bits per heavy atom. The Labute approximate surface area is 266 Å². The highest BCUT2D eigenvalue weighted by Crippen LogP contribution is 2.27. The topological polar surface area (TPSA) is 96.0 Å². The van der Waals surface area contributed by atoms with Gasteiger partial charge >= 0.3 is 0 Å². The second-order valence-electron chi connectivity index (χ2n) is 10.9. The number of carbonyl (C=O) groups is 2. The quantitative estimate of drug-likeness (QED) is 0.194. The van der Waals surface area contributed by atoms with E-state index >= 15 is 0 Å². The van der Waals surface area contributed by atoms with Gasteiger partial charge in [0.05, 0.1) is 17.2 Å². The summed E-state index contributed by atoms with van der Waals surface area (Å²) < 4.78 is 35.0. The van der Waals surface area contributed by atoms with Crippen molar-refractivity contribution in [1.29, 1.82) is 0 Å². The van der Waals surface area contributed by atoms with Crippen LogP contribution in [0, 0.1) is 13.8 Å². The summed E-state index contributed by atoms with van der Waals surface area (Å²) in [5, 5.41) is 2.88. The van der Waals surface area contributed by atoms with Crippen molar-refractivity contribution in [2.75, 3.05) is 24.0 Å². The maximum absolute atomic E-state index is 14.4. The van der Waals surface area contributed by atoms with Crippen LogP contribution in [-0.2, 0) is 32.6 Å². The Morgan fingerprint density at radius 1 is 0.778 bits per heavy atom. The third-order valence-corrected chi connectivity index (χ3v) is 9.21. The highest BCUT2D eigenvalue weighted by atomic mass is 32.2. The van der Waals surface area contributed by atoms with Crippen LogP contribution in [0.1, 0.15) is 36.1 Å². The predicted molar refractivity (Wildman–Crippen MR) is 178 cm³/mol. The fourth-order valence-electron chi connectivity index (χ4n) is 4.98. The Morgan fingerprint density at radius 3 is 1.96 bits per heavy atom. The van der Waals surface area contributed by atoms with Crippen LogP contribution in [-0.4, -0.2) is 50.9 Å². The van der Waals surface area contributed by atoms with Gasteiger partial charge in [0.15, 0.2) is 0 Å². The van der Waals surface area contributed by atoms with Crippen LogP contribution >= 0.6 is 0 Å². The summed E-state index contributed by atoms with van der Waals surface area (Å²) in [5.74, 6) is -0.264. The molecule has 0 fully saturated rings. The fraction of sp³-hybridized carbons (Fsp3) is 0.278. The van der Waals surface area contributed by atoms with Crippen molar-refractivity contribution in [1.82, 2.24) is 10.2 Å². The van der Waals surface area contributed by atoms with Crippen molar-refractivity contribution >= 4 is 27.5 Å². The molecule has 0 radical (unpaired) electrons. The summed E-state index contributed by atoms with van der Waals surface area (Å²) in [4.78, 5) is 29.5. The minimum Gasteiger partial charge on any atom is -0.494 e. The highest BCUT2D eigenvalue weighted by molar-refractivity contribution is 7.92. The van der Waals surface area contributed by atoms with E-state index in [9.17, 15) is 18.0 Å². The number of ether oxygens (including phenoxy) is 1. The van der Waals surface area contributed by atoms with E-state index < -0.39 is 28.5 Å². The molecule has 0 aliphatic rings. The second kappa shape index (κ2) is 15.4. The van der Waals surface area contributed by atoms with Gasteiger partial charge in [0.25, 0.3) is 10.0 Å². The molecule has 4 rings (SSSR count). The summed E-state index contributed by atoms with van der Waals surface area (Å²) in [7, 11) is -4.19. The molecule has 2 amide bonds. The smallest absolute Gasteiger partial charge is 0.264 e. The molecule has 0 aliphatic carbocycles. The summed E-state index contributed by atoms with van der Waals surface area (Å²) in [6.45, 7) is 8.01. The van der Waals surface area contributed by atoms with Crippen molar-refractivity contribution in [3.8, 4) is 5.75 Å². The van der Waals surface area contributed by atoms with Crippen molar-refractivity contribution in [2.45, 2.75) is 51.6 Å². The molecule has 9 heteroatoms. The molecule has 0 spiro atoms. The van der Waals surface area contributed by atoms with E-state index in [2.05, 4.69) is 5.32 Å². The summed E-state index contributed by atoms with van der Waals surface area (Å²) in [5.41, 5.74) is 4.06. The Hall–Kier alpha value is -4.63. The van der Waals surface area contributed by atoms with E-state index in [1.165, 1.54) is 17.0 Å². The van der Waals surface area contributed by atoms with Crippen LogP contribution in [0.5, 0.6) is 5.75 Å². The van der Waals surface area contributed by atoms with Gasteiger partial charge in [-0.1, -0.05) is 77.9 Å². The predicted octanol–water partition coefficient (Wildman–Crippen LogP) is 5.67. The Balaban J connectivity index is 1.77. The summed E-state index contributed by atoms with van der Waals surface area (Å²) in [6.07, 6.45) is 0.264. The van der Waals surface area contributed by atoms with Crippen molar-refractivity contribution in [3.63, 3.8) is 0 Å². The number of sulfonamides is 1. The Kier molecular flexibility index (Phi) is 11.4. The van der Waals surface area contributed by atoms with Gasteiger partial charge in [0, 0.05) is 19.5 Å². The number of nitrogens with zero attached hydrogens (tertiary/aromatic N) is 2. The molecule has 236 valence electrons. The molecule has 4 aromatic carbocycles. The highest BCUT2D eigenvalue weighted by Gasteiger charge is 2.34. The zero-order valence-corrected chi connectivity index (χ0v) is 27.1. The zero-order valence-electron chi connectivity index (χ0n) is 26.3. The normalized spacial score (nSPS) is 11.8. The molecule has 8 nitrogen and oxygen atoms in total. The van der Waals surface area contributed by atoms with Gasteiger partial charge in [-0.15, -0.1) is 0 Å². The average Bonchev–Trinajstić information content (AvgIpc) is 3.04. The lowest BCUT2D eigenvalue weighted by Crippen LogP contribution is -2.53. The monoisotopic (exact) mass is 627 g/mol. The van der Waals surface area contributed by atoms with Gasteiger partial charge in [0.1, 0.15) is 18.3 Å². The summed E-state index contributed by atoms with van der Waals surface area (Å²) >= 11 is 0. The zero-order chi connectivity index (χ0) is 32.4. The lowest BCUT2D eigenvalue weighted by atomic mass is 10.0. The number of aryl methyl sites for hydroxylation is 2. The van der Waals surface area contributed by atoms with E-state index in [1.807, 2.05) is 82.3 Å². The van der Waals surface area contributed by atoms with E-state index in [0.29, 0.717) is 24.6 Å². The molecule has 0 saturated heterocycles. The van der Waals surface area contributed by atoms with Crippen molar-refractivity contribution in [3.05, 3.63) is 125 Å². The minimum atomic E-state index is -4.19. The molecular weight excluding hydrogens is 586 g/mol. The third kappa shape index (κ3) is 8.73.